The average molecular weight is 669 g/mol. The van der Waals surface area contributed by atoms with E-state index in [1.165, 1.54) is 0 Å². The third-order valence-corrected chi connectivity index (χ3v) is 8.10. The molecule has 0 saturated heterocycles. The molecule has 2 heterocycles. The SMILES string of the molecule is C=C(N=C(N=Cc1ccccc1)c1ccccc1)c1nc(C)c(/C=C(\C#Cc2cccc(-c3c#cccc3)c2)c2cccc(-c3cccnc3)c2)o1. The van der Waals surface area contributed by atoms with Gasteiger partial charge >= 0.3 is 0 Å². The van der Waals surface area contributed by atoms with Crippen molar-refractivity contribution in [3.05, 3.63) is 210 Å². The zero-order chi connectivity index (χ0) is 35.5. The van der Waals surface area contributed by atoms with Crippen molar-refractivity contribution >= 4 is 29.4 Å². The van der Waals surface area contributed by atoms with E-state index in [1.54, 1.807) is 12.4 Å². The summed E-state index contributed by atoms with van der Waals surface area (Å²) in [6.07, 6.45) is 7.33. The quantitative estimate of drug-likeness (QED) is 0.0920. The molecule has 0 N–H and O–H groups in total. The van der Waals surface area contributed by atoms with E-state index in [1.807, 2.05) is 141 Å². The summed E-state index contributed by atoms with van der Waals surface area (Å²) in [7, 11) is 0. The Kier molecular flexibility index (Phi) is 10.2. The highest BCUT2D eigenvalue weighted by Gasteiger charge is 2.14. The van der Waals surface area contributed by atoms with E-state index < -0.39 is 0 Å². The van der Waals surface area contributed by atoms with Gasteiger partial charge in [0.05, 0.1) is 5.69 Å². The first-order valence-electron chi connectivity index (χ1n) is 16.7. The maximum Gasteiger partial charge on any atom is 0.245 e. The molecule has 0 aliphatic carbocycles. The maximum atomic E-state index is 6.34. The Labute approximate surface area is 304 Å². The van der Waals surface area contributed by atoms with E-state index in [2.05, 4.69) is 53.7 Å². The van der Waals surface area contributed by atoms with Crippen LogP contribution in [0.15, 0.2) is 173 Å². The van der Waals surface area contributed by atoms with Crippen LogP contribution in [0.2, 0.25) is 0 Å². The number of aliphatic imine (C=N–C) groups is 2. The van der Waals surface area contributed by atoms with Crippen LogP contribution in [-0.4, -0.2) is 22.0 Å². The summed E-state index contributed by atoms with van der Waals surface area (Å²) in [5.74, 6) is 8.16. The Bertz CT molecular complexity index is 2470. The van der Waals surface area contributed by atoms with Gasteiger partial charge in [-0.2, -0.15) is 0 Å². The standard InChI is InChI=1S/C47H32N4O/c1-34-45(52-47(51-34)35(2)50-46(39-20-10-5-11-21-39)49-32-37-15-6-3-7-16-37)31-43(41-23-13-24-42(30-41)44-25-14-28-48-33-44)27-26-36-17-12-22-40(29-36)38-18-8-4-9-19-38/h3-8,10-18,20-25,28-33H,2H2,1H3/b43-31+,49-32?,50-46?. The second kappa shape index (κ2) is 15.9. The number of pyridine rings is 1. The molecule has 7 aromatic rings. The first kappa shape index (κ1) is 33.2. The summed E-state index contributed by atoms with van der Waals surface area (Å²) in [5.41, 5.74) is 9.40. The number of allylic oxidation sites excluding steroid dienone is 1. The predicted molar refractivity (Wildman–Crippen MR) is 211 cm³/mol. The normalized spacial score (nSPS) is 11.5. The van der Waals surface area contributed by atoms with Crippen LogP contribution in [0.4, 0.5) is 0 Å². The molecule has 52 heavy (non-hydrogen) atoms. The molecular formula is C47H32N4O. The minimum absolute atomic E-state index is 0.298. The number of oxazole rings is 1. The summed E-state index contributed by atoms with van der Waals surface area (Å²) in [6.45, 7) is 6.11. The van der Waals surface area contributed by atoms with Crippen LogP contribution in [-0.2, 0) is 0 Å². The van der Waals surface area contributed by atoms with E-state index in [9.17, 15) is 0 Å². The molecule has 0 spiro atoms. The topological polar surface area (TPSA) is 63.6 Å². The van der Waals surface area contributed by atoms with Crippen molar-refractivity contribution in [2.75, 3.05) is 0 Å². The van der Waals surface area contributed by atoms with Gasteiger partial charge in [0.2, 0.25) is 5.89 Å². The first-order valence-corrected chi connectivity index (χ1v) is 16.7. The largest absolute Gasteiger partial charge is 0.435 e. The molecule has 0 atom stereocenters. The van der Waals surface area contributed by atoms with Crippen LogP contribution in [0.5, 0.6) is 0 Å². The summed E-state index contributed by atoms with van der Waals surface area (Å²) in [4.78, 5) is 18.5. The minimum Gasteiger partial charge on any atom is -0.435 e. The monoisotopic (exact) mass is 668 g/mol. The van der Waals surface area contributed by atoms with E-state index in [4.69, 9.17) is 19.4 Å². The Morgan fingerprint density at radius 3 is 2.35 bits per heavy atom. The fourth-order valence-electron chi connectivity index (χ4n) is 5.42. The maximum absolute atomic E-state index is 6.34. The van der Waals surface area contributed by atoms with Gasteiger partial charge in [-0.15, -0.1) is 0 Å². The van der Waals surface area contributed by atoms with Crippen molar-refractivity contribution in [3.63, 3.8) is 0 Å². The van der Waals surface area contributed by atoms with E-state index in [0.717, 1.165) is 50.1 Å². The summed E-state index contributed by atoms with van der Waals surface area (Å²) >= 11 is 0. The molecular weight excluding hydrogens is 637 g/mol. The smallest absolute Gasteiger partial charge is 0.245 e. The lowest BCUT2D eigenvalue weighted by Crippen LogP contribution is -1.99. The van der Waals surface area contributed by atoms with Gasteiger partial charge in [0, 0.05) is 46.4 Å². The van der Waals surface area contributed by atoms with Gasteiger partial charge < -0.3 is 4.42 Å². The van der Waals surface area contributed by atoms with Crippen LogP contribution in [0.3, 0.4) is 0 Å². The molecule has 246 valence electrons. The molecule has 5 nitrogen and oxygen atoms in total. The minimum atomic E-state index is 0.298. The number of nitrogens with zero attached hydrogens (tertiary/aromatic N) is 4. The van der Waals surface area contributed by atoms with Crippen molar-refractivity contribution in [2.24, 2.45) is 9.98 Å². The molecule has 0 saturated carbocycles. The zero-order valence-electron chi connectivity index (χ0n) is 28.5. The number of hydrogen-bond acceptors (Lipinski definition) is 4. The van der Waals surface area contributed by atoms with Crippen LogP contribution in [0.25, 0.3) is 39.6 Å². The molecule has 0 aliphatic heterocycles. The molecule has 7 rings (SSSR count). The van der Waals surface area contributed by atoms with E-state index in [0.29, 0.717) is 28.9 Å². The van der Waals surface area contributed by atoms with Crippen molar-refractivity contribution in [1.29, 1.82) is 0 Å². The molecule has 0 radical (unpaired) electrons. The Morgan fingerprint density at radius 1 is 0.788 bits per heavy atom. The lowest BCUT2D eigenvalue weighted by molar-refractivity contribution is 0.531. The Morgan fingerprint density at radius 2 is 1.56 bits per heavy atom. The third-order valence-electron chi connectivity index (χ3n) is 8.10. The number of rotatable bonds is 8. The molecule has 2 aromatic heterocycles. The van der Waals surface area contributed by atoms with Crippen LogP contribution in [0.1, 0.15) is 39.6 Å². The zero-order valence-corrected chi connectivity index (χ0v) is 28.5. The second-order valence-corrected chi connectivity index (χ2v) is 11.8. The van der Waals surface area contributed by atoms with Gasteiger partial charge in [-0.3, -0.25) is 4.98 Å². The number of benzene rings is 4. The Balaban J connectivity index is 1.26. The van der Waals surface area contributed by atoms with Crippen LogP contribution in [0, 0.1) is 30.9 Å². The van der Waals surface area contributed by atoms with Gasteiger partial charge in [0.1, 0.15) is 5.70 Å². The fourth-order valence-corrected chi connectivity index (χ4v) is 5.42. The predicted octanol–water partition coefficient (Wildman–Crippen LogP) is 10.4. The fraction of sp³-hybridized carbons (Fsp3) is 0.0213. The number of amidine groups is 1. The summed E-state index contributed by atoms with van der Waals surface area (Å²) in [5, 5.41) is 0. The highest BCUT2D eigenvalue weighted by Crippen LogP contribution is 2.28. The van der Waals surface area contributed by atoms with Gasteiger partial charge in [0.25, 0.3) is 0 Å². The molecule has 0 fully saturated rings. The average Bonchev–Trinajstić information content (AvgIpc) is 3.59. The number of hydrogen-bond donors (Lipinski definition) is 0. The molecule has 5 heteroatoms. The third kappa shape index (κ3) is 8.26. The highest BCUT2D eigenvalue weighted by molar-refractivity contribution is 6.07. The van der Waals surface area contributed by atoms with Crippen LogP contribution < -0.4 is 0 Å². The van der Waals surface area contributed by atoms with Gasteiger partial charge in [-0.25, -0.2) is 15.0 Å². The van der Waals surface area contributed by atoms with Gasteiger partial charge in [0.15, 0.2) is 11.6 Å². The lowest BCUT2D eigenvalue weighted by Gasteiger charge is -2.06. The van der Waals surface area contributed by atoms with Gasteiger partial charge in [-0.1, -0.05) is 134 Å². The molecule has 0 amide bonds. The number of aromatic nitrogens is 2. The molecule has 5 aromatic carbocycles. The van der Waals surface area contributed by atoms with E-state index >= 15 is 0 Å². The molecule has 0 unspecified atom stereocenters. The van der Waals surface area contributed by atoms with Crippen molar-refractivity contribution in [2.45, 2.75) is 6.92 Å². The molecule has 0 bridgehead atoms. The summed E-state index contributed by atoms with van der Waals surface area (Å²) in [6, 6.07) is 52.0. The highest BCUT2D eigenvalue weighted by atomic mass is 16.4. The first-order chi connectivity index (χ1) is 25.6. The van der Waals surface area contributed by atoms with Crippen molar-refractivity contribution in [3.8, 4) is 34.1 Å². The van der Waals surface area contributed by atoms with Gasteiger partial charge in [-0.05, 0) is 71.7 Å². The van der Waals surface area contributed by atoms with Crippen molar-refractivity contribution < 1.29 is 4.42 Å². The number of aryl methyl sites for hydroxylation is 1. The lowest BCUT2D eigenvalue weighted by atomic mass is 9.99. The summed E-state index contributed by atoms with van der Waals surface area (Å²) < 4.78 is 6.34. The van der Waals surface area contributed by atoms with E-state index in [-0.39, 0.29) is 0 Å². The van der Waals surface area contributed by atoms with Crippen LogP contribution >= 0.6 is 0 Å². The van der Waals surface area contributed by atoms with Crippen molar-refractivity contribution in [1.82, 2.24) is 9.97 Å². The Hall–Kier alpha value is -7.34. The molecule has 0 aliphatic rings. The second-order valence-electron chi connectivity index (χ2n) is 11.8.